The maximum Gasteiger partial charge on any atom is 0.340 e. The average molecular weight is 367 g/mol. The lowest BCUT2D eigenvalue weighted by molar-refractivity contribution is -0.123. The van der Waals surface area contributed by atoms with E-state index >= 15 is 0 Å². The maximum atomic E-state index is 12.6. The molecule has 7 nitrogen and oxygen atoms in total. The molecular weight excluding hydrogens is 346 g/mol. The molecule has 3 aromatic rings. The van der Waals surface area contributed by atoms with E-state index in [-0.39, 0.29) is 5.82 Å². The van der Waals surface area contributed by atoms with Crippen LogP contribution < -0.4 is 5.32 Å². The molecule has 3 rings (SSSR count). The van der Waals surface area contributed by atoms with E-state index in [1.807, 2.05) is 48.7 Å². The van der Waals surface area contributed by atoms with Crippen molar-refractivity contribution in [1.82, 2.24) is 9.72 Å². The van der Waals surface area contributed by atoms with Gasteiger partial charge >= 0.3 is 5.97 Å². The molecule has 0 aliphatic rings. The summed E-state index contributed by atoms with van der Waals surface area (Å²) >= 11 is 0. The molecule has 1 aromatic carbocycles. The number of benzene rings is 1. The minimum absolute atomic E-state index is 0.280. The summed E-state index contributed by atoms with van der Waals surface area (Å²) in [7, 11) is 0. The maximum absolute atomic E-state index is 12.6. The first-order valence-electron chi connectivity index (χ1n) is 8.56. The smallest absolute Gasteiger partial charge is 0.340 e. The SMILES string of the molecule is Cc1cc(NC(=O)C(C)OC(=O)c2cc(C)n(-c3ccccc3)c2C)no1. The fourth-order valence-electron chi connectivity index (χ4n) is 2.87. The van der Waals surface area contributed by atoms with E-state index in [1.165, 1.54) is 6.92 Å². The second kappa shape index (κ2) is 7.49. The number of hydrogen-bond donors (Lipinski definition) is 1. The van der Waals surface area contributed by atoms with Gasteiger partial charge in [0.1, 0.15) is 5.76 Å². The fourth-order valence-corrected chi connectivity index (χ4v) is 2.87. The Balaban J connectivity index is 1.73. The Bertz CT molecular complexity index is 973. The van der Waals surface area contributed by atoms with Gasteiger partial charge in [-0.3, -0.25) is 4.79 Å². The minimum atomic E-state index is -0.978. The largest absolute Gasteiger partial charge is 0.449 e. The molecule has 1 N–H and O–H groups in total. The van der Waals surface area contributed by atoms with Gasteiger partial charge < -0.3 is 19.1 Å². The summed E-state index contributed by atoms with van der Waals surface area (Å²) < 4.78 is 12.2. The third-order valence-electron chi connectivity index (χ3n) is 4.20. The molecule has 0 aliphatic carbocycles. The Kier molecular flexibility index (Phi) is 5.12. The summed E-state index contributed by atoms with van der Waals surface area (Å²) in [6, 6.07) is 13.1. The Morgan fingerprint density at radius 3 is 2.48 bits per heavy atom. The van der Waals surface area contributed by atoms with Crippen LogP contribution in [0.1, 0.15) is 34.4 Å². The number of carbonyl (C=O) groups excluding carboxylic acids is 2. The number of ether oxygens (including phenoxy) is 1. The number of rotatable bonds is 5. The second-order valence-corrected chi connectivity index (χ2v) is 6.32. The first-order chi connectivity index (χ1) is 12.9. The van der Waals surface area contributed by atoms with Crippen molar-refractivity contribution in [3.8, 4) is 5.69 Å². The Labute approximate surface area is 156 Å². The van der Waals surface area contributed by atoms with E-state index in [2.05, 4.69) is 10.5 Å². The van der Waals surface area contributed by atoms with Crippen molar-refractivity contribution >= 4 is 17.7 Å². The highest BCUT2D eigenvalue weighted by molar-refractivity contribution is 5.97. The summed E-state index contributed by atoms with van der Waals surface area (Å²) in [4.78, 5) is 24.8. The molecule has 140 valence electrons. The van der Waals surface area contributed by atoms with E-state index < -0.39 is 18.0 Å². The van der Waals surface area contributed by atoms with Crippen molar-refractivity contribution in [2.24, 2.45) is 0 Å². The molecule has 0 radical (unpaired) electrons. The van der Waals surface area contributed by atoms with Crippen molar-refractivity contribution in [3.05, 3.63) is 65.2 Å². The van der Waals surface area contributed by atoms with Crippen LogP contribution in [0.3, 0.4) is 0 Å². The van der Waals surface area contributed by atoms with Gasteiger partial charge in [-0.15, -0.1) is 0 Å². The number of aryl methyl sites for hydroxylation is 2. The highest BCUT2D eigenvalue weighted by Crippen LogP contribution is 2.22. The number of amides is 1. The van der Waals surface area contributed by atoms with Gasteiger partial charge in [-0.2, -0.15) is 0 Å². The van der Waals surface area contributed by atoms with E-state index in [0.717, 1.165) is 17.1 Å². The summed E-state index contributed by atoms with van der Waals surface area (Å²) in [5.74, 6) is -0.177. The highest BCUT2D eigenvalue weighted by atomic mass is 16.5. The summed E-state index contributed by atoms with van der Waals surface area (Å²) in [5, 5.41) is 6.24. The zero-order chi connectivity index (χ0) is 19.6. The van der Waals surface area contributed by atoms with Crippen LogP contribution in [-0.4, -0.2) is 27.7 Å². The van der Waals surface area contributed by atoms with Gasteiger partial charge in [0, 0.05) is 23.1 Å². The van der Waals surface area contributed by atoms with E-state index in [1.54, 1.807) is 19.1 Å². The summed E-state index contributed by atoms with van der Waals surface area (Å²) in [5.41, 5.74) is 3.04. The van der Waals surface area contributed by atoms with Crippen LogP contribution in [0.4, 0.5) is 5.82 Å². The van der Waals surface area contributed by atoms with Crippen molar-refractivity contribution in [2.75, 3.05) is 5.32 Å². The Hall–Kier alpha value is -3.35. The highest BCUT2D eigenvalue weighted by Gasteiger charge is 2.23. The van der Waals surface area contributed by atoms with Crippen LogP contribution in [0.5, 0.6) is 0 Å². The van der Waals surface area contributed by atoms with Gasteiger partial charge in [-0.25, -0.2) is 4.79 Å². The molecule has 27 heavy (non-hydrogen) atoms. The van der Waals surface area contributed by atoms with E-state index in [0.29, 0.717) is 11.3 Å². The van der Waals surface area contributed by atoms with E-state index in [4.69, 9.17) is 9.26 Å². The van der Waals surface area contributed by atoms with Gasteiger partial charge in [-0.05, 0) is 45.9 Å². The number of aromatic nitrogens is 2. The predicted molar refractivity (Wildman–Crippen MR) is 100.0 cm³/mol. The first-order valence-corrected chi connectivity index (χ1v) is 8.56. The van der Waals surface area contributed by atoms with Gasteiger partial charge in [-0.1, -0.05) is 23.4 Å². The molecule has 2 aromatic heterocycles. The van der Waals surface area contributed by atoms with Crippen LogP contribution in [0.25, 0.3) is 5.69 Å². The third-order valence-corrected chi connectivity index (χ3v) is 4.20. The van der Waals surface area contributed by atoms with Crippen molar-refractivity contribution < 1.29 is 18.8 Å². The molecule has 0 fully saturated rings. The Morgan fingerprint density at radius 1 is 1.15 bits per heavy atom. The standard InChI is InChI=1S/C20H21N3O4/c1-12-10-17(14(3)23(12)16-8-6-5-7-9-16)20(25)26-15(4)19(24)21-18-11-13(2)27-22-18/h5-11,15H,1-4H3,(H,21,22,24). The molecule has 1 unspecified atom stereocenters. The minimum Gasteiger partial charge on any atom is -0.449 e. The lowest BCUT2D eigenvalue weighted by Crippen LogP contribution is -2.30. The van der Waals surface area contributed by atoms with Crippen LogP contribution >= 0.6 is 0 Å². The van der Waals surface area contributed by atoms with Crippen LogP contribution in [0.2, 0.25) is 0 Å². The molecule has 0 saturated carbocycles. The molecule has 0 spiro atoms. The number of nitrogens with zero attached hydrogens (tertiary/aromatic N) is 2. The number of esters is 1. The number of nitrogens with one attached hydrogen (secondary N) is 1. The van der Waals surface area contributed by atoms with Gasteiger partial charge in [0.15, 0.2) is 11.9 Å². The molecule has 2 heterocycles. The number of anilines is 1. The van der Waals surface area contributed by atoms with Crippen molar-refractivity contribution in [2.45, 2.75) is 33.8 Å². The van der Waals surface area contributed by atoms with Crippen LogP contribution in [-0.2, 0) is 9.53 Å². The topological polar surface area (TPSA) is 86.4 Å². The third kappa shape index (κ3) is 3.92. The molecule has 0 bridgehead atoms. The van der Waals surface area contributed by atoms with Crippen LogP contribution in [0, 0.1) is 20.8 Å². The van der Waals surface area contributed by atoms with E-state index in [9.17, 15) is 9.59 Å². The zero-order valence-electron chi connectivity index (χ0n) is 15.6. The molecule has 1 amide bonds. The number of para-hydroxylation sites is 1. The lowest BCUT2D eigenvalue weighted by Gasteiger charge is -2.13. The second-order valence-electron chi connectivity index (χ2n) is 6.32. The first kappa shape index (κ1) is 18.4. The van der Waals surface area contributed by atoms with Gasteiger partial charge in [0.2, 0.25) is 0 Å². The number of carbonyl (C=O) groups is 2. The predicted octanol–water partition coefficient (Wildman–Crippen LogP) is 3.57. The molecular formula is C20H21N3O4. The van der Waals surface area contributed by atoms with Gasteiger partial charge in [0.25, 0.3) is 5.91 Å². The fraction of sp³-hybridized carbons (Fsp3) is 0.250. The Morgan fingerprint density at radius 2 is 1.85 bits per heavy atom. The summed E-state index contributed by atoms with van der Waals surface area (Å²) in [6.45, 7) is 6.99. The molecule has 1 atom stereocenters. The van der Waals surface area contributed by atoms with Crippen molar-refractivity contribution in [3.63, 3.8) is 0 Å². The molecule has 0 aliphatic heterocycles. The zero-order valence-corrected chi connectivity index (χ0v) is 15.6. The normalized spacial score (nSPS) is 11.9. The van der Waals surface area contributed by atoms with Gasteiger partial charge in [0.05, 0.1) is 5.56 Å². The average Bonchev–Trinajstić information content (AvgIpc) is 3.18. The molecule has 7 heteroatoms. The monoisotopic (exact) mass is 367 g/mol. The lowest BCUT2D eigenvalue weighted by atomic mass is 10.2. The summed E-state index contributed by atoms with van der Waals surface area (Å²) in [6.07, 6.45) is -0.978. The van der Waals surface area contributed by atoms with Crippen LogP contribution in [0.15, 0.2) is 47.0 Å². The van der Waals surface area contributed by atoms with Crippen molar-refractivity contribution in [1.29, 1.82) is 0 Å². The quantitative estimate of drug-likeness (QED) is 0.697. The molecule has 0 saturated heterocycles. The number of hydrogen-bond acceptors (Lipinski definition) is 5.